The summed E-state index contributed by atoms with van der Waals surface area (Å²) in [5, 5.41) is 11.2. The normalized spacial score (nSPS) is 16.3. The Labute approximate surface area is 184 Å². The van der Waals surface area contributed by atoms with E-state index in [0.29, 0.717) is 5.56 Å². The van der Waals surface area contributed by atoms with Gasteiger partial charge in [0.15, 0.2) is 0 Å². The van der Waals surface area contributed by atoms with E-state index >= 15 is 0 Å². The molecule has 1 amide bonds. The quantitative estimate of drug-likeness (QED) is 0.436. The Morgan fingerprint density at radius 3 is 2.48 bits per heavy atom. The Morgan fingerprint density at radius 1 is 1.26 bits per heavy atom. The molecule has 1 saturated heterocycles. The van der Waals surface area contributed by atoms with Gasteiger partial charge in [0, 0.05) is 0 Å². The molecule has 0 saturated carbocycles. The third-order valence-electron chi connectivity index (χ3n) is 4.17. The number of ether oxygens (including phenoxy) is 1. The van der Waals surface area contributed by atoms with Gasteiger partial charge < -0.3 is 20.9 Å². The number of alkyl halides is 3. The number of thioether (sulfide) groups is 1. The Balaban J connectivity index is 1.84. The van der Waals surface area contributed by atoms with Crippen LogP contribution in [0.1, 0.15) is 16.7 Å². The van der Waals surface area contributed by atoms with Gasteiger partial charge in [-0.25, -0.2) is 0 Å². The molecule has 0 bridgehead atoms. The fraction of sp³-hybridized carbons (Fsp3) is 0.150. The molecule has 1 heterocycles. The van der Waals surface area contributed by atoms with E-state index in [9.17, 15) is 22.8 Å². The number of carbonyl (C=O) groups is 2. The van der Waals surface area contributed by atoms with Crippen molar-refractivity contribution in [2.24, 2.45) is 5.73 Å². The summed E-state index contributed by atoms with van der Waals surface area (Å²) in [4.78, 5) is 22.8. The third kappa shape index (κ3) is 5.84. The van der Waals surface area contributed by atoms with Gasteiger partial charge in [-0.15, -0.1) is 0 Å². The standard InChI is InChI=1S/C20H15F3N2O4S2/c21-20(22,23)13-7-11(9-16-17(26)25-19(30)31-16)3-6-15(13)29-12-4-1-10(2-5-12)8-14(24)18(27)28/h1-7,9,14H,8,24H2,(H,27,28)(H,25,26,30)/t14-/m0/s1. The van der Waals surface area contributed by atoms with Crippen molar-refractivity contribution in [2.75, 3.05) is 0 Å². The maximum Gasteiger partial charge on any atom is 0.420 e. The molecular weight excluding hydrogens is 453 g/mol. The summed E-state index contributed by atoms with van der Waals surface area (Å²) < 4.78 is 46.4. The molecule has 3 rings (SSSR count). The molecule has 1 aliphatic heterocycles. The second kappa shape index (κ2) is 9.08. The highest BCUT2D eigenvalue weighted by Crippen LogP contribution is 2.39. The molecule has 162 valence electrons. The molecule has 0 spiro atoms. The van der Waals surface area contributed by atoms with Gasteiger partial charge in [-0.3, -0.25) is 9.59 Å². The number of nitrogens with one attached hydrogen (secondary N) is 1. The predicted octanol–water partition coefficient (Wildman–Crippen LogP) is 3.94. The van der Waals surface area contributed by atoms with E-state index in [1.54, 1.807) is 0 Å². The lowest BCUT2D eigenvalue weighted by atomic mass is 10.1. The van der Waals surface area contributed by atoms with Crippen LogP contribution in [-0.2, 0) is 22.2 Å². The summed E-state index contributed by atoms with van der Waals surface area (Å²) >= 11 is 5.84. The molecule has 0 unspecified atom stereocenters. The van der Waals surface area contributed by atoms with Gasteiger partial charge in [-0.05, 0) is 47.9 Å². The van der Waals surface area contributed by atoms with E-state index in [1.165, 1.54) is 42.5 Å². The van der Waals surface area contributed by atoms with Crippen LogP contribution in [0.4, 0.5) is 13.2 Å². The van der Waals surface area contributed by atoms with Crippen LogP contribution in [0.15, 0.2) is 47.4 Å². The molecule has 11 heteroatoms. The average molecular weight is 468 g/mol. The average Bonchev–Trinajstić information content (AvgIpc) is 3.00. The molecule has 0 aromatic heterocycles. The number of aliphatic carboxylic acids is 1. The first-order valence-corrected chi connectivity index (χ1v) is 9.96. The summed E-state index contributed by atoms with van der Waals surface area (Å²) in [5.74, 6) is -1.89. The Morgan fingerprint density at radius 2 is 1.94 bits per heavy atom. The number of hydrogen-bond donors (Lipinski definition) is 3. The molecule has 2 aromatic carbocycles. The van der Waals surface area contributed by atoms with Gasteiger partial charge >= 0.3 is 12.1 Å². The summed E-state index contributed by atoms with van der Waals surface area (Å²) in [6, 6.07) is 8.29. The minimum Gasteiger partial charge on any atom is -0.480 e. The Kier molecular flexibility index (Phi) is 6.68. The van der Waals surface area contributed by atoms with Crippen molar-refractivity contribution in [3.05, 3.63) is 64.1 Å². The van der Waals surface area contributed by atoms with Gasteiger partial charge in [-0.1, -0.05) is 42.2 Å². The van der Waals surface area contributed by atoms with Gasteiger partial charge in [0.25, 0.3) is 5.91 Å². The van der Waals surface area contributed by atoms with Gasteiger partial charge in [0.2, 0.25) is 0 Å². The third-order valence-corrected chi connectivity index (χ3v) is 5.34. The molecule has 4 N–H and O–H groups in total. The molecule has 2 aromatic rings. The maximum absolute atomic E-state index is 13.6. The van der Waals surface area contributed by atoms with E-state index in [4.69, 9.17) is 27.8 Å². The van der Waals surface area contributed by atoms with Crippen LogP contribution in [0.5, 0.6) is 11.5 Å². The first kappa shape index (κ1) is 22.8. The summed E-state index contributed by atoms with van der Waals surface area (Å²) in [5.41, 5.74) is 5.23. The van der Waals surface area contributed by atoms with Crippen LogP contribution < -0.4 is 15.8 Å². The molecular formula is C20H15F3N2O4S2. The largest absolute Gasteiger partial charge is 0.480 e. The molecule has 1 fully saturated rings. The van der Waals surface area contributed by atoms with E-state index in [0.717, 1.165) is 17.8 Å². The first-order valence-electron chi connectivity index (χ1n) is 8.74. The number of carbonyl (C=O) groups excluding carboxylic acids is 1. The van der Waals surface area contributed by atoms with Gasteiger partial charge in [0.05, 0.1) is 10.5 Å². The van der Waals surface area contributed by atoms with E-state index in [1.807, 2.05) is 0 Å². The minimum absolute atomic E-state index is 0.0712. The molecule has 0 aliphatic carbocycles. The van der Waals surface area contributed by atoms with Crippen molar-refractivity contribution in [1.29, 1.82) is 0 Å². The predicted molar refractivity (Wildman–Crippen MR) is 114 cm³/mol. The highest BCUT2D eigenvalue weighted by molar-refractivity contribution is 8.26. The number of nitrogens with two attached hydrogens (primary N) is 1. The highest BCUT2D eigenvalue weighted by Gasteiger charge is 2.35. The van der Waals surface area contributed by atoms with Crippen molar-refractivity contribution in [1.82, 2.24) is 5.32 Å². The van der Waals surface area contributed by atoms with Crippen LogP contribution in [0.3, 0.4) is 0 Å². The summed E-state index contributed by atoms with van der Waals surface area (Å²) in [6.45, 7) is 0. The number of carboxylic acids is 1. The van der Waals surface area contributed by atoms with Crippen LogP contribution in [0.2, 0.25) is 0 Å². The lowest BCUT2D eigenvalue weighted by molar-refractivity contribution is -0.139. The summed E-state index contributed by atoms with van der Waals surface area (Å²) in [6.07, 6.45) is -3.31. The monoisotopic (exact) mass is 468 g/mol. The lowest BCUT2D eigenvalue weighted by Gasteiger charge is -2.15. The lowest BCUT2D eigenvalue weighted by Crippen LogP contribution is -2.32. The Hall–Kier alpha value is -2.89. The van der Waals surface area contributed by atoms with E-state index < -0.39 is 35.4 Å². The SMILES string of the molecule is N[C@@H](Cc1ccc(Oc2ccc(C=C3SC(=S)NC3=O)cc2C(F)(F)F)cc1)C(=O)O. The first-order chi connectivity index (χ1) is 14.5. The molecule has 6 nitrogen and oxygen atoms in total. The van der Waals surface area contributed by atoms with Crippen molar-refractivity contribution in [2.45, 2.75) is 18.6 Å². The number of rotatable bonds is 6. The number of amides is 1. The topological polar surface area (TPSA) is 102 Å². The van der Waals surface area contributed by atoms with E-state index in [-0.39, 0.29) is 27.0 Å². The van der Waals surface area contributed by atoms with Crippen LogP contribution in [0.25, 0.3) is 6.08 Å². The summed E-state index contributed by atoms with van der Waals surface area (Å²) in [7, 11) is 0. The van der Waals surface area contributed by atoms with Gasteiger partial charge in [-0.2, -0.15) is 13.2 Å². The number of carboxylic acid groups (broad SMARTS) is 1. The second-order valence-corrected chi connectivity index (χ2v) is 8.22. The number of halogens is 3. The maximum atomic E-state index is 13.6. The molecule has 1 aliphatic rings. The fourth-order valence-electron chi connectivity index (χ4n) is 2.68. The zero-order valence-electron chi connectivity index (χ0n) is 15.6. The van der Waals surface area contributed by atoms with Crippen molar-refractivity contribution >= 4 is 46.3 Å². The zero-order valence-corrected chi connectivity index (χ0v) is 17.2. The van der Waals surface area contributed by atoms with Crippen LogP contribution >= 0.6 is 24.0 Å². The fourth-order valence-corrected chi connectivity index (χ4v) is 3.73. The Bertz CT molecular complexity index is 1070. The molecule has 1 atom stereocenters. The van der Waals surface area contributed by atoms with Crippen molar-refractivity contribution in [3.8, 4) is 11.5 Å². The number of hydrogen-bond acceptors (Lipinski definition) is 6. The highest BCUT2D eigenvalue weighted by atomic mass is 32.2. The number of thiocarbonyl (C=S) groups is 1. The van der Waals surface area contributed by atoms with Crippen molar-refractivity contribution < 1.29 is 32.6 Å². The second-order valence-electron chi connectivity index (χ2n) is 6.50. The zero-order chi connectivity index (χ0) is 22.8. The van der Waals surface area contributed by atoms with E-state index in [2.05, 4.69) is 5.32 Å². The molecule has 31 heavy (non-hydrogen) atoms. The van der Waals surface area contributed by atoms with Crippen LogP contribution in [0, 0.1) is 0 Å². The number of benzene rings is 2. The van der Waals surface area contributed by atoms with Crippen molar-refractivity contribution in [3.63, 3.8) is 0 Å². The smallest absolute Gasteiger partial charge is 0.420 e. The minimum atomic E-state index is -4.70. The van der Waals surface area contributed by atoms with Crippen LogP contribution in [-0.4, -0.2) is 27.3 Å². The molecule has 0 radical (unpaired) electrons. The van der Waals surface area contributed by atoms with Gasteiger partial charge in [0.1, 0.15) is 21.9 Å².